The van der Waals surface area contributed by atoms with Gasteiger partial charge in [0.1, 0.15) is 0 Å². The first-order valence-corrected chi connectivity index (χ1v) is 3.81. The van der Waals surface area contributed by atoms with Gasteiger partial charge in [-0.05, 0) is 12.5 Å². The van der Waals surface area contributed by atoms with Crippen molar-refractivity contribution >= 4 is 9.90 Å². The molecule has 0 amide bonds. The number of hydrogen-bond donors (Lipinski definition) is 2. The van der Waals surface area contributed by atoms with E-state index in [0.717, 1.165) is 19.5 Å². The first-order chi connectivity index (χ1) is 4.97. The fourth-order valence-corrected chi connectivity index (χ4v) is 1.46. The largest absolute Gasteiger partial charge is 0.386 e. The van der Waals surface area contributed by atoms with Gasteiger partial charge in [0.15, 0.2) is 0 Å². The lowest BCUT2D eigenvalue weighted by Gasteiger charge is -2.28. The van der Waals surface area contributed by atoms with Crippen molar-refractivity contribution in [3.05, 3.63) is 23.9 Å². The van der Waals surface area contributed by atoms with E-state index in [0.29, 0.717) is 6.04 Å². The SMILES string of the molecule is C1=CCC2NCCNC2=C1.P. The van der Waals surface area contributed by atoms with E-state index < -0.39 is 0 Å². The van der Waals surface area contributed by atoms with Gasteiger partial charge in [0, 0.05) is 18.8 Å². The molecule has 0 spiro atoms. The number of rotatable bonds is 0. The summed E-state index contributed by atoms with van der Waals surface area (Å²) in [5, 5.41) is 6.81. The zero-order chi connectivity index (χ0) is 6.81. The van der Waals surface area contributed by atoms with Gasteiger partial charge in [0.25, 0.3) is 0 Å². The van der Waals surface area contributed by atoms with Crippen molar-refractivity contribution in [3.63, 3.8) is 0 Å². The molecule has 2 atom stereocenters. The third-order valence-corrected chi connectivity index (χ3v) is 2.00. The quantitative estimate of drug-likeness (QED) is 0.516. The fraction of sp³-hybridized carbons (Fsp3) is 0.500. The molecule has 0 radical (unpaired) electrons. The van der Waals surface area contributed by atoms with Crippen molar-refractivity contribution in [2.45, 2.75) is 12.5 Å². The van der Waals surface area contributed by atoms with Crippen LogP contribution in [-0.2, 0) is 0 Å². The minimum atomic E-state index is 0. The second-order valence-electron chi connectivity index (χ2n) is 2.72. The predicted molar refractivity (Wildman–Crippen MR) is 52.7 cm³/mol. The molecule has 11 heavy (non-hydrogen) atoms. The number of nitrogens with one attached hydrogen (secondary N) is 2. The highest BCUT2D eigenvalue weighted by atomic mass is 31.0. The molecule has 0 saturated carbocycles. The van der Waals surface area contributed by atoms with Gasteiger partial charge in [0.05, 0.1) is 6.04 Å². The van der Waals surface area contributed by atoms with E-state index in [2.05, 4.69) is 28.9 Å². The molecule has 3 heteroatoms. The summed E-state index contributed by atoms with van der Waals surface area (Å²) in [7, 11) is 0. The molecule has 1 fully saturated rings. The molecule has 1 saturated heterocycles. The summed E-state index contributed by atoms with van der Waals surface area (Å²) in [6.07, 6.45) is 7.61. The average Bonchev–Trinajstić information content (AvgIpc) is 2.05. The lowest BCUT2D eigenvalue weighted by atomic mass is 10.0. The van der Waals surface area contributed by atoms with Crippen LogP contribution in [0.2, 0.25) is 0 Å². The van der Waals surface area contributed by atoms with Crippen molar-refractivity contribution in [1.29, 1.82) is 0 Å². The van der Waals surface area contributed by atoms with Gasteiger partial charge in [0.2, 0.25) is 0 Å². The molecule has 62 valence electrons. The van der Waals surface area contributed by atoms with Gasteiger partial charge < -0.3 is 10.6 Å². The Morgan fingerprint density at radius 2 is 2.27 bits per heavy atom. The standard InChI is InChI=1S/C8H12N2.H3P/c1-2-4-8-7(3-1)9-5-6-10-8;/h1-3,8-10H,4-6H2;1H3. The zero-order valence-electron chi connectivity index (χ0n) is 6.64. The lowest BCUT2D eigenvalue weighted by molar-refractivity contribution is 0.480. The smallest absolute Gasteiger partial charge is 0.0505 e. The topological polar surface area (TPSA) is 24.1 Å². The van der Waals surface area contributed by atoms with E-state index in [4.69, 9.17) is 0 Å². The number of piperazine rings is 1. The molecule has 0 aromatic heterocycles. The van der Waals surface area contributed by atoms with E-state index in [1.54, 1.807) is 0 Å². The van der Waals surface area contributed by atoms with Crippen molar-refractivity contribution < 1.29 is 0 Å². The Balaban J connectivity index is 0.000000605. The first-order valence-electron chi connectivity index (χ1n) is 3.81. The molecule has 2 aliphatic rings. The number of allylic oxidation sites excluding steroid dienone is 2. The van der Waals surface area contributed by atoms with Crippen LogP contribution in [0.1, 0.15) is 6.42 Å². The highest BCUT2D eigenvalue weighted by molar-refractivity contribution is 6.92. The van der Waals surface area contributed by atoms with Gasteiger partial charge in [-0.3, -0.25) is 0 Å². The molecule has 2 nitrogen and oxygen atoms in total. The van der Waals surface area contributed by atoms with Crippen LogP contribution >= 0.6 is 9.90 Å². The monoisotopic (exact) mass is 170 g/mol. The third-order valence-electron chi connectivity index (χ3n) is 2.00. The van der Waals surface area contributed by atoms with Gasteiger partial charge >= 0.3 is 0 Å². The second-order valence-corrected chi connectivity index (χ2v) is 2.72. The van der Waals surface area contributed by atoms with Crippen LogP contribution in [0.25, 0.3) is 0 Å². The Bertz CT molecular complexity index is 187. The van der Waals surface area contributed by atoms with Gasteiger partial charge in [-0.15, -0.1) is 0 Å². The summed E-state index contributed by atoms with van der Waals surface area (Å²) in [6, 6.07) is 0.568. The Kier molecular flexibility index (Phi) is 3.10. The molecule has 2 unspecified atom stereocenters. The lowest BCUT2D eigenvalue weighted by Crippen LogP contribution is -2.46. The number of hydrogen-bond acceptors (Lipinski definition) is 2. The normalized spacial score (nSPS) is 27.6. The van der Waals surface area contributed by atoms with E-state index in [-0.39, 0.29) is 9.90 Å². The molecule has 1 heterocycles. The summed E-state index contributed by atoms with van der Waals surface area (Å²) in [5.74, 6) is 0. The summed E-state index contributed by atoms with van der Waals surface area (Å²) >= 11 is 0. The van der Waals surface area contributed by atoms with E-state index in [9.17, 15) is 0 Å². The van der Waals surface area contributed by atoms with Crippen LogP contribution < -0.4 is 10.6 Å². The van der Waals surface area contributed by atoms with Gasteiger partial charge in [-0.25, -0.2) is 0 Å². The van der Waals surface area contributed by atoms with Crippen molar-refractivity contribution in [2.24, 2.45) is 0 Å². The third kappa shape index (κ3) is 1.82. The minimum absolute atomic E-state index is 0. The molecule has 2 N–H and O–H groups in total. The van der Waals surface area contributed by atoms with Crippen LogP contribution in [0, 0.1) is 0 Å². The number of fused-ring (bicyclic) bond motifs is 1. The molecule has 0 aromatic carbocycles. The molecular weight excluding hydrogens is 155 g/mol. The van der Waals surface area contributed by atoms with Crippen molar-refractivity contribution in [2.75, 3.05) is 13.1 Å². The molecule has 1 aliphatic carbocycles. The molecule has 1 aliphatic heterocycles. The molecular formula is C8H15N2P. The van der Waals surface area contributed by atoms with E-state index in [1.807, 2.05) is 0 Å². The summed E-state index contributed by atoms with van der Waals surface area (Å²) in [6.45, 7) is 2.16. The van der Waals surface area contributed by atoms with Crippen LogP contribution in [0.15, 0.2) is 23.9 Å². The Hall–Kier alpha value is -0.330. The van der Waals surface area contributed by atoms with Gasteiger partial charge in [-0.1, -0.05) is 12.2 Å². The van der Waals surface area contributed by atoms with Crippen LogP contribution in [0.4, 0.5) is 0 Å². The highest BCUT2D eigenvalue weighted by Gasteiger charge is 2.16. The van der Waals surface area contributed by atoms with Crippen molar-refractivity contribution in [1.82, 2.24) is 10.6 Å². The summed E-state index contributed by atoms with van der Waals surface area (Å²) < 4.78 is 0. The van der Waals surface area contributed by atoms with Crippen molar-refractivity contribution in [3.8, 4) is 0 Å². The van der Waals surface area contributed by atoms with Crippen LogP contribution in [0.5, 0.6) is 0 Å². The molecule has 2 rings (SSSR count). The maximum Gasteiger partial charge on any atom is 0.0505 e. The summed E-state index contributed by atoms with van der Waals surface area (Å²) in [4.78, 5) is 0. The maximum atomic E-state index is 3.44. The molecule has 0 bridgehead atoms. The Morgan fingerprint density at radius 1 is 1.36 bits per heavy atom. The average molecular weight is 170 g/mol. The van der Waals surface area contributed by atoms with E-state index in [1.165, 1.54) is 5.70 Å². The Labute approximate surface area is 70.8 Å². The highest BCUT2D eigenvalue weighted by Crippen LogP contribution is 2.11. The van der Waals surface area contributed by atoms with Crippen LogP contribution in [-0.4, -0.2) is 19.1 Å². The predicted octanol–water partition coefficient (Wildman–Crippen LogP) is 0.450. The molecule has 0 aromatic rings. The van der Waals surface area contributed by atoms with Gasteiger partial charge in [-0.2, -0.15) is 9.90 Å². The zero-order valence-corrected chi connectivity index (χ0v) is 8.05. The maximum absolute atomic E-state index is 3.44. The second kappa shape index (κ2) is 3.89. The van der Waals surface area contributed by atoms with E-state index >= 15 is 0 Å². The minimum Gasteiger partial charge on any atom is -0.386 e. The van der Waals surface area contributed by atoms with Crippen LogP contribution in [0.3, 0.4) is 0 Å². The Morgan fingerprint density at radius 3 is 3.09 bits per heavy atom. The fourth-order valence-electron chi connectivity index (χ4n) is 1.46. The summed E-state index contributed by atoms with van der Waals surface area (Å²) in [5.41, 5.74) is 1.36. The first kappa shape index (κ1) is 8.76.